The maximum absolute atomic E-state index is 13.9. The van der Waals surface area contributed by atoms with Gasteiger partial charge in [-0.3, -0.25) is 0 Å². The number of hydrogen-bond donors (Lipinski definition) is 1. The van der Waals surface area contributed by atoms with E-state index in [2.05, 4.69) is 0 Å². The van der Waals surface area contributed by atoms with Crippen LogP contribution < -0.4 is 0 Å². The van der Waals surface area contributed by atoms with E-state index in [1.165, 1.54) is 23.6 Å². The molecular weight excluding hydrogens is 226 g/mol. The van der Waals surface area contributed by atoms with Gasteiger partial charge in [-0.2, -0.15) is 0 Å². The fraction of sp³-hybridized carbons (Fsp3) is 0.538. The smallest absolute Gasteiger partial charge is 0.127 e. The van der Waals surface area contributed by atoms with Crippen LogP contribution >= 0.6 is 10.9 Å². The Balaban J connectivity index is 2.36. The molecule has 0 nitrogen and oxygen atoms in total. The minimum absolute atomic E-state index is 0.0329. The molecular formula is C13H18F2S. The highest BCUT2D eigenvalue weighted by Gasteiger charge is 2.27. The van der Waals surface area contributed by atoms with Crippen molar-refractivity contribution in [1.82, 2.24) is 0 Å². The van der Waals surface area contributed by atoms with Crippen molar-refractivity contribution in [2.24, 2.45) is 0 Å². The Bertz CT molecular complexity index is 397. The Labute approximate surface area is 98.4 Å². The van der Waals surface area contributed by atoms with Gasteiger partial charge in [-0.1, -0.05) is 20.8 Å². The molecule has 3 heteroatoms. The summed E-state index contributed by atoms with van der Waals surface area (Å²) < 4.78 is 27.6. The molecule has 0 aliphatic carbocycles. The molecule has 1 saturated heterocycles. The summed E-state index contributed by atoms with van der Waals surface area (Å²) in [5, 5.41) is 0.214. The van der Waals surface area contributed by atoms with Gasteiger partial charge in [0, 0.05) is 10.8 Å². The highest BCUT2D eigenvalue weighted by molar-refractivity contribution is 8.23. The van der Waals surface area contributed by atoms with E-state index in [0.717, 1.165) is 0 Å². The predicted molar refractivity (Wildman–Crippen MR) is 67.6 cm³/mol. The average Bonchev–Trinajstić information content (AvgIpc) is 3.03. The normalized spacial score (nSPS) is 19.0. The zero-order chi connectivity index (χ0) is 11.9. The lowest BCUT2D eigenvalue weighted by atomic mass is 9.99. The standard InChI is InChI=1S/C13H18F2S/c1-8(2)10-6-13(15)11(7-12(10)14)9(3)16-4-5-16/h6-9,16H,4-5H2,1-3H3. The number of hydrogen-bond acceptors (Lipinski definition) is 0. The van der Waals surface area contributed by atoms with Crippen LogP contribution in [0, 0.1) is 11.6 Å². The van der Waals surface area contributed by atoms with Crippen molar-refractivity contribution >= 4 is 10.9 Å². The lowest BCUT2D eigenvalue weighted by Crippen LogP contribution is -2.01. The van der Waals surface area contributed by atoms with Crippen LogP contribution in [0.15, 0.2) is 12.1 Å². The minimum atomic E-state index is -0.255. The Morgan fingerprint density at radius 2 is 1.50 bits per heavy atom. The van der Waals surface area contributed by atoms with Crippen molar-refractivity contribution in [2.45, 2.75) is 31.9 Å². The molecule has 0 bridgehead atoms. The second-order valence-electron chi connectivity index (χ2n) is 4.76. The van der Waals surface area contributed by atoms with Crippen molar-refractivity contribution < 1.29 is 8.78 Å². The molecule has 0 spiro atoms. The van der Waals surface area contributed by atoms with Crippen molar-refractivity contribution in [3.63, 3.8) is 0 Å². The van der Waals surface area contributed by atoms with Crippen LogP contribution in [0.25, 0.3) is 0 Å². The molecule has 1 atom stereocenters. The third-order valence-electron chi connectivity index (χ3n) is 3.22. The molecule has 0 radical (unpaired) electrons. The van der Waals surface area contributed by atoms with Gasteiger partial charge in [-0.05, 0) is 35.1 Å². The fourth-order valence-corrected chi connectivity index (χ4v) is 3.81. The van der Waals surface area contributed by atoms with E-state index in [1.54, 1.807) is 0 Å². The molecule has 1 aromatic carbocycles. The molecule has 1 heterocycles. The number of halogens is 2. The van der Waals surface area contributed by atoms with E-state index in [4.69, 9.17) is 0 Å². The van der Waals surface area contributed by atoms with Gasteiger partial charge in [-0.15, -0.1) is 0 Å². The molecule has 1 fully saturated rings. The maximum atomic E-state index is 13.9. The zero-order valence-corrected chi connectivity index (χ0v) is 10.8. The first-order valence-corrected chi connectivity index (χ1v) is 7.51. The first-order chi connectivity index (χ1) is 7.50. The molecule has 0 aromatic heterocycles. The van der Waals surface area contributed by atoms with Crippen LogP contribution in [0.4, 0.5) is 8.78 Å². The number of thiol groups is 1. The molecule has 16 heavy (non-hydrogen) atoms. The quantitative estimate of drug-likeness (QED) is 0.599. The second kappa shape index (κ2) is 4.36. The Kier molecular flexibility index (Phi) is 3.24. The lowest BCUT2D eigenvalue weighted by Gasteiger charge is -2.16. The monoisotopic (exact) mass is 244 g/mol. The second-order valence-corrected chi connectivity index (χ2v) is 7.61. The summed E-state index contributed by atoms with van der Waals surface area (Å²) in [6.07, 6.45) is 0. The number of benzene rings is 1. The molecule has 90 valence electrons. The lowest BCUT2D eigenvalue weighted by molar-refractivity contribution is 0.565. The van der Waals surface area contributed by atoms with Gasteiger partial charge in [0.25, 0.3) is 0 Å². The highest BCUT2D eigenvalue weighted by Crippen LogP contribution is 2.53. The topological polar surface area (TPSA) is 0 Å². The summed E-state index contributed by atoms with van der Waals surface area (Å²) in [7, 11) is -0.0482. The van der Waals surface area contributed by atoms with Gasteiger partial charge < -0.3 is 0 Å². The van der Waals surface area contributed by atoms with E-state index in [0.29, 0.717) is 11.1 Å². The van der Waals surface area contributed by atoms with Crippen molar-refractivity contribution in [2.75, 3.05) is 11.5 Å². The van der Waals surface area contributed by atoms with Crippen molar-refractivity contribution in [1.29, 1.82) is 0 Å². The van der Waals surface area contributed by atoms with E-state index in [9.17, 15) is 8.78 Å². The van der Waals surface area contributed by atoms with Crippen LogP contribution in [0.3, 0.4) is 0 Å². The van der Waals surface area contributed by atoms with E-state index in [1.807, 2.05) is 20.8 Å². The van der Waals surface area contributed by atoms with E-state index >= 15 is 0 Å². The summed E-state index contributed by atoms with van der Waals surface area (Å²) in [6.45, 7) is 5.78. The van der Waals surface area contributed by atoms with Gasteiger partial charge in [0.15, 0.2) is 0 Å². The molecule has 2 rings (SSSR count). The summed E-state index contributed by atoms with van der Waals surface area (Å²) in [4.78, 5) is 0. The first-order valence-electron chi connectivity index (χ1n) is 5.73. The van der Waals surface area contributed by atoms with Gasteiger partial charge in [0.2, 0.25) is 0 Å². The van der Waals surface area contributed by atoms with Crippen LogP contribution in [0.5, 0.6) is 0 Å². The third kappa shape index (κ3) is 2.24. The van der Waals surface area contributed by atoms with Crippen LogP contribution in [0.2, 0.25) is 0 Å². The first kappa shape index (κ1) is 11.9. The molecule has 0 saturated carbocycles. The SMILES string of the molecule is CC(C)c1cc(F)c(C(C)[SH]2CC2)cc1F. The predicted octanol–water partition coefficient (Wildman–Crippen LogP) is 4.16. The molecule has 1 aliphatic heterocycles. The summed E-state index contributed by atoms with van der Waals surface area (Å²) >= 11 is 0. The minimum Gasteiger partial charge on any atom is -0.245 e. The third-order valence-corrected chi connectivity index (χ3v) is 5.55. The van der Waals surface area contributed by atoms with E-state index in [-0.39, 0.29) is 33.7 Å². The molecule has 0 amide bonds. The van der Waals surface area contributed by atoms with Gasteiger partial charge >= 0.3 is 0 Å². The summed E-state index contributed by atoms with van der Waals surface area (Å²) in [6, 6.07) is 2.79. The summed E-state index contributed by atoms with van der Waals surface area (Å²) in [5.74, 6) is 1.97. The Morgan fingerprint density at radius 3 is 2.00 bits per heavy atom. The highest BCUT2D eigenvalue weighted by atomic mass is 32.2. The molecule has 0 N–H and O–H groups in total. The van der Waals surface area contributed by atoms with Crippen LogP contribution in [-0.2, 0) is 0 Å². The summed E-state index contributed by atoms with van der Waals surface area (Å²) in [5.41, 5.74) is 1.06. The fourth-order valence-electron chi connectivity index (χ4n) is 1.98. The van der Waals surface area contributed by atoms with Gasteiger partial charge in [0.05, 0.1) is 0 Å². The molecule has 1 aromatic rings. The Morgan fingerprint density at radius 1 is 1.00 bits per heavy atom. The number of rotatable bonds is 3. The van der Waals surface area contributed by atoms with Crippen LogP contribution in [-0.4, -0.2) is 11.5 Å². The van der Waals surface area contributed by atoms with Crippen molar-refractivity contribution in [3.8, 4) is 0 Å². The van der Waals surface area contributed by atoms with Crippen LogP contribution in [0.1, 0.15) is 43.1 Å². The maximum Gasteiger partial charge on any atom is 0.127 e. The van der Waals surface area contributed by atoms with E-state index < -0.39 is 0 Å². The zero-order valence-electron chi connectivity index (χ0n) is 9.93. The molecule has 1 aliphatic rings. The Hall–Kier alpha value is -0.570. The van der Waals surface area contributed by atoms with Crippen molar-refractivity contribution in [3.05, 3.63) is 34.9 Å². The van der Waals surface area contributed by atoms with Gasteiger partial charge in [-0.25, -0.2) is 19.7 Å². The average molecular weight is 244 g/mol. The largest absolute Gasteiger partial charge is 0.245 e. The molecule has 1 unspecified atom stereocenters. The van der Waals surface area contributed by atoms with Gasteiger partial charge in [0.1, 0.15) is 11.6 Å².